The van der Waals surface area contributed by atoms with Crippen LogP contribution in [0.2, 0.25) is 0 Å². The minimum atomic E-state index is 0.244. The standard InChI is InChI=1S/C35H62O/c1-27(2)13-9-14-28(3)18-12-20-33(8)35(36)26-23-30(5)16-10-15-29(4)17-11-19-32(7)34-24-21-31(6)22-25-34/h17,21,27-28,30,33-34H,7,9-16,18-20,22-26H2,1-6,8H3/b29-17-. The van der Waals surface area contributed by atoms with Crippen molar-refractivity contribution in [2.24, 2.45) is 29.6 Å². The van der Waals surface area contributed by atoms with Gasteiger partial charge in [-0.25, -0.2) is 0 Å². The third-order valence-corrected chi connectivity index (χ3v) is 8.69. The molecular formula is C35H62O. The first kappa shape index (κ1) is 32.9. The summed E-state index contributed by atoms with van der Waals surface area (Å²) in [5, 5.41) is 0. The molecule has 36 heavy (non-hydrogen) atoms. The van der Waals surface area contributed by atoms with Crippen molar-refractivity contribution in [2.75, 3.05) is 0 Å². The summed E-state index contributed by atoms with van der Waals surface area (Å²) in [6.07, 6.45) is 24.0. The SMILES string of the molecule is C=C(CC/C=C(/C)CCCC(C)CCC(=O)C(C)CCCC(C)CCCC(C)C)C1CC=C(C)CC1. The van der Waals surface area contributed by atoms with E-state index in [2.05, 4.69) is 67.2 Å². The average molecular weight is 499 g/mol. The quantitative estimate of drug-likeness (QED) is 0.152. The van der Waals surface area contributed by atoms with Crippen LogP contribution in [0.25, 0.3) is 0 Å². The lowest BCUT2D eigenvalue weighted by molar-refractivity contribution is -0.122. The third-order valence-electron chi connectivity index (χ3n) is 8.69. The first-order chi connectivity index (χ1) is 17.1. The van der Waals surface area contributed by atoms with Crippen molar-refractivity contribution < 1.29 is 4.79 Å². The predicted molar refractivity (Wildman–Crippen MR) is 161 cm³/mol. The minimum absolute atomic E-state index is 0.244. The Labute approximate surface area is 226 Å². The highest BCUT2D eigenvalue weighted by atomic mass is 16.1. The molecule has 0 N–H and O–H groups in total. The highest BCUT2D eigenvalue weighted by Crippen LogP contribution is 2.30. The molecule has 0 aromatic carbocycles. The van der Waals surface area contributed by atoms with Gasteiger partial charge in [0.1, 0.15) is 5.78 Å². The molecule has 4 atom stereocenters. The van der Waals surface area contributed by atoms with Crippen LogP contribution in [-0.2, 0) is 4.79 Å². The summed E-state index contributed by atoms with van der Waals surface area (Å²) >= 11 is 0. The van der Waals surface area contributed by atoms with Gasteiger partial charge < -0.3 is 0 Å². The summed E-state index contributed by atoms with van der Waals surface area (Å²) in [5.74, 6) is 3.72. The van der Waals surface area contributed by atoms with Crippen molar-refractivity contribution in [3.63, 3.8) is 0 Å². The number of Topliss-reactive ketones (excluding diaryl/α,β-unsaturated/α-hetero) is 1. The van der Waals surface area contributed by atoms with Crippen LogP contribution >= 0.6 is 0 Å². The largest absolute Gasteiger partial charge is 0.299 e. The van der Waals surface area contributed by atoms with Gasteiger partial charge in [-0.3, -0.25) is 4.79 Å². The number of allylic oxidation sites excluding steroid dienone is 5. The fourth-order valence-corrected chi connectivity index (χ4v) is 5.61. The van der Waals surface area contributed by atoms with Crippen molar-refractivity contribution in [2.45, 2.75) is 151 Å². The monoisotopic (exact) mass is 498 g/mol. The maximum atomic E-state index is 12.6. The first-order valence-corrected chi connectivity index (χ1v) is 15.6. The van der Waals surface area contributed by atoms with Crippen LogP contribution in [-0.4, -0.2) is 5.78 Å². The zero-order valence-corrected chi connectivity index (χ0v) is 25.5. The van der Waals surface area contributed by atoms with Gasteiger partial charge in [-0.15, -0.1) is 0 Å². The highest BCUT2D eigenvalue weighted by Gasteiger charge is 2.16. The number of carbonyl (C=O) groups excluding carboxylic acids is 1. The van der Waals surface area contributed by atoms with Crippen LogP contribution < -0.4 is 0 Å². The van der Waals surface area contributed by atoms with E-state index in [0.717, 1.165) is 43.9 Å². The minimum Gasteiger partial charge on any atom is -0.299 e. The molecule has 1 aliphatic rings. The topological polar surface area (TPSA) is 17.1 Å². The second-order valence-corrected chi connectivity index (χ2v) is 13.0. The molecule has 0 bridgehead atoms. The van der Waals surface area contributed by atoms with Gasteiger partial charge >= 0.3 is 0 Å². The van der Waals surface area contributed by atoms with E-state index in [-0.39, 0.29) is 5.92 Å². The number of rotatable bonds is 20. The van der Waals surface area contributed by atoms with Crippen molar-refractivity contribution in [1.29, 1.82) is 0 Å². The molecule has 1 rings (SSSR count). The molecule has 4 unspecified atom stereocenters. The summed E-state index contributed by atoms with van der Waals surface area (Å²) in [4.78, 5) is 12.6. The molecule has 0 aromatic heterocycles. The second-order valence-electron chi connectivity index (χ2n) is 13.0. The Hall–Kier alpha value is -1.11. The lowest BCUT2D eigenvalue weighted by Gasteiger charge is -2.22. The number of ketones is 1. The van der Waals surface area contributed by atoms with Gasteiger partial charge in [-0.2, -0.15) is 0 Å². The lowest BCUT2D eigenvalue weighted by atomic mass is 9.83. The van der Waals surface area contributed by atoms with Gasteiger partial charge in [0, 0.05) is 12.3 Å². The predicted octanol–water partition coefficient (Wildman–Crippen LogP) is 11.4. The summed E-state index contributed by atoms with van der Waals surface area (Å²) in [5.41, 5.74) is 4.53. The lowest BCUT2D eigenvalue weighted by Crippen LogP contribution is -2.12. The maximum absolute atomic E-state index is 12.6. The van der Waals surface area contributed by atoms with E-state index in [9.17, 15) is 4.79 Å². The molecule has 0 aliphatic heterocycles. The van der Waals surface area contributed by atoms with E-state index < -0.39 is 0 Å². The fraction of sp³-hybridized carbons (Fsp3) is 0.800. The van der Waals surface area contributed by atoms with Crippen molar-refractivity contribution in [3.05, 3.63) is 35.5 Å². The molecule has 0 spiro atoms. The van der Waals surface area contributed by atoms with E-state index in [1.165, 1.54) is 81.8 Å². The van der Waals surface area contributed by atoms with Gasteiger partial charge in [0.05, 0.1) is 0 Å². The van der Waals surface area contributed by atoms with E-state index in [1.54, 1.807) is 5.57 Å². The van der Waals surface area contributed by atoms with Gasteiger partial charge in [0.2, 0.25) is 0 Å². The number of carbonyl (C=O) groups is 1. The molecule has 0 saturated heterocycles. The third kappa shape index (κ3) is 15.9. The molecule has 0 amide bonds. The van der Waals surface area contributed by atoms with Crippen LogP contribution in [0, 0.1) is 29.6 Å². The van der Waals surface area contributed by atoms with E-state index >= 15 is 0 Å². The van der Waals surface area contributed by atoms with E-state index in [4.69, 9.17) is 0 Å². The summed E-state index contributed by atoms with van der Waals surface area (Å²) in [6, 6.07) is 0. The molecule has 0 fully saturated rings. The molecular weight excluding hydrogens is 436 g/mol. The zero-order chi connectivity index (χ0) is 26.9. The molecule has 0 radical (unpaired) electrons. The Bertz CT molecular complexity index is 679. The summed E-state index contributed by atoms with van der Waals surface area (Å²) < 4.78 is 0. The van der Waals surface area contributed by atoms with Crippen LogP contribution in [0.15, 0.2) is 35.5 Å². The van der Waals surface area contributed by atoms with Gasteiger partial charge in [-0.05, 0) is 95.3 Å². The molecule has 0 saturated carbocycles. The second kappa shape index (κ2) is 19.0. The van der Waals surface area contributed by atoms with Gasteiger partial charge in [0.25, 0.3) is 0 Å². The van der Waals surface area contributed by atoms with Crippen LogP contribution in [0.4, 0.5) is 0 Å². The normalized spacial score (nSPS) is 19.2. The summed E-state index contributed by atoms with van der Waals surface area (Å²) in [7, 11) is 0. The molecule has 1 aliphatic carbocycles. The van der Waals surface area contributed by atoms with Crippen molar-refractivity contribution in [3.8, 4) is 0 Å². The first-order valence-electron chi connectivity index (χ1n) is 15.6. The van der Waals surface area contributed by atoms with Crippen molar-refractivity contribution in [1.82, 2.24) is 0 Å². The number of hydrogen-bond acceptors (Lipinski definition) is 1. The van der Waals surface area contributed by atoms with E-state index in [1.807, 2.05) is 0 Å². The fourth-order valence-electron chi connectivity index (χ4n) is 5.61. The highest BCUT2D eigenvalue weighted by molar-refractivity contribution is 5.80. The van der Waals surface area contributed by atoms with Gasteiger partial charge in [-0.1, -0.05) is 109 Å². The number of hydrogen-bond donors (Lipinski definition) is 0. The molecule has 208 valence electrons. The molecule has 1 nitrogen and oxygen atoms in total. The van der Waals surface area contributed by atoms with Gasteiger partial charge in [0.15, 0.2) is 0 Å². The summed E-state index contributed by atoms with van der Waals surface area (Å²) in [6.45, 7) is 20.4. The zero-order valence-electron chi connectivity index (χ0n) is 25.5. The Balaban J connectivity index is 2.11. The van der Waals surface area contributed by atoms with Crippen LogP contribution in [0.1, 0.15) is 151 Å². The van der Waals surface area contributed by atoms with E-state index in [0.29, 0.717) is 17.6 Å². The molecule has 1 heteroatoms. The smallest absolute Gasteiger partial charge is 0.135 e. The Morgan fingerprint density at radius 1 is 0.917 bits per heavy atom. The Kier molecular flexibility index (Phi) is 17.4. The average Bonchev–Trinajstić information content (AvgIpc) is 2.82. The van der Waals surface area contributed by atoms with Crippen LogP contribution in [0.3, 0.4) is 0 Å². The maximum Gasteiger partial charge on any atom is 0.135 e. The molecule has 0 aromatic rings. The van der Waals surface area contributed by atoms with Crippen molar-refractivity contribution >= 4 is 5.78 Å². The molecule has 0 heterocycles. The Morgan fingerprint density at radius 3 is 2.19 bits per heavy atom. The Morgan fingerprint density at radius 2 is 1.56 bits per heavy atom. The van der Waals surface area contributed by atoms with Crippen LogP contribution in [0.5, 0.6) is 0 Å².